The molecule has 4 heteroatoms. The topological polar surface area (TPSA) is 63.6 Å². The van der Waals surface area contributed by atoms with Crippen LogP contribution in [0.25, 0.3) is 22.3 Å². The van der Waals surface area contributed by atoms with E-state index in [0.717, 1.165) is 28.0 Å². The van der Waals surface area contributed by atoms with Gasteiger partial charge in [-0.25, -0.2) is 4.79 Å². The van der Waals surface area contributed by atoms with Gasteiger partial charge in [-0.3, -0.25) is 4.79 Å². The lowest BCUT2D eigenvalue weighted by Crippen LogP contribution is -2.00. The number of ether oxygens (including phenoxy) is 1. The molecular formula is C26H20O4. The van der Waals surface area contributed by atoms with Crippen LogP contribution in [0.15, 0.2) is 84.9 Å². The number of fused-ring (bicyclic) bond motifs is 1. The quantitative estimate of drug-likeness (QED) is 0.419. The number of carboxylic acid groups (broad SMARTS) is 1. The molecule has 0 atom stereocenters. The molecule has 1 N–H and O–H groups in total. The third kappa shape index (κ3) is 3.67. The normalized spacial score (nSPS) is 10.7. The zero-order valence-corrected chi connectivity index (χ0v) is 16.5. The van der Waals surface area contributed by atoms with Gasteiger partial charge < -0.3 is 9.84 Å². The maximum Gasteiger partial charge on any atom is 0.335 e. The lowest BCUT2D eigenvalue weighted by Gasteiger charge is -2.05. The molecule has 4 rings (SSSR count). The number of hydrogen-bond acceptors (Lipinski definition) is 3. The molecule has 0 aliphatic heterocycles. The summed E-state index contributed by atoms with van der Waals surface area (Å²) < 4.78 is 5.52. The van der Waals surface area contributed by atoms with Gasteiger partial charge in [0.05, 0.1) is 12.2 Å². The van der Waals surface area contributed by atoms with Crippen LogP contribution >= 0.6 is 0 Å². The number of rotatable bonds is 6. The first-order valence-electron chi connectivity index (χ1n) is 9.71. The van der Waals surface area contributed by atoms with Gasteiger partial charge in [-0.1, -0.05) is 54.6 Å². The van der Waals surface area contributed by atoms with Crippen molar-refractivity contribution in [1.82, 2.24) is 0 Å². The Bertz CT molecular complexity index is 1180. The standard InChI is InChI=1S/C26H20O4/c1-2-30-20-12-8-17(9-13-20)23-16-24(25(27)18-6-4-3-5-7-18)22-15-11-19(26(28)29)10-14-21(22)23/h3-16H,2H2,1H3,(H,28,29). The average molecular weight is 396 g/mol. The van der Waals surface area contributed by atoms with E-state index in [1.165, 1.54) is 6.07 Å². The van der Waals surface area contributed by atoms with Crippen molar-refractivity contribution < 1.29 is 19.4 Å². The van der Waals surface area contributed by atoms with Gasteiger partial charge in [0.1, 0.15) is 5.75 Å². The van der Waals surface area contributed by atoms with E-state index in [9.17, 15) is 14.7 Å². The van der Waals surface area contributed by atoms with Gasteiger partial charge in [0.25, 0.3) is 0 Å². The summed E-state index contributed by atoms with van der Waals surface area (Å²) in [7, 11) is 0. The lowest BCUT2D eigenvalue weighted by molar-refractivity contribution is 0.0697. The van der Waals surface area contributed by atoms with Crippen LogP contribution in [0.2, 0.25) is 0 Å². The third-order valence-electron chi connectivity index (χ3n) is 5.02. The Labute approximate surface area is 174 Å². The number of carboxylic acids is 1. The van der Waals surface area contributed by atoms with E-state index in [4.69, 9.17) is 4.74 Å². The molecule has 2 aliphatic rings. The summed E-state index contributed by atoms with van der Waals surface area (Å²) in [4.78, 5) is 24.7. The Morgan fingerprint density at radius 3 is 2.07 bits per heavy atom. The van der Waals surface area contributed by atoms with Crippen molar-refractivity contribution in [1.29, 1.82) is 0 Å². The molecule has 0 bridgehead atoms. The first-order valence-corrected chi connectivity index (χ1v) is 9.71. The second-order valence-electron chi connectivity index (χ2n) is 6.88. The summed E-state index contributed by atoms with van der Waals surface area (Å²) in [5, 5.41) is 9.38. The Morgan fingerprint density at radius 1 is 0.767 bits per heavy atom. The van der Waals surface area contributed by atoms with E-state index < -0.39 is 5.97 Å². The molecule has 2 aromatic carbocycles. The van der Waals surface area contributed by atoms with E-state index >= 15 is 0 Å². The van der Waals surface area contributed by atoms with Crippen molar-refractivity contribution in [3.05, 3.63) is 102 Å². The zero-order valence-electron chi connectivity index (χ0n) is 16.5. The van der Waals surface area contributed by atoms with Crippen molar-refractivity contribution in [2.75, 3.05) is 6.61 Å². The Kier molecular flexibility index (Phi) is 5.31. The molecular weight excluding hydrogens is 376 g/mol. The highest BCUT2D eigenvalue weighted by Crippen LogP contribution is 2.40. The number of benzene rings is 2. The van der Waals surface area contributed by atoms with Crippen LogP contribution in [0.3, 0.4) is 0 Å². The van der Waals surface area contributed by atoms with Crippen molar-refractivity contribution in [3.8, 4) is 28.0 Å². The molecule has 2 aromatic rings. The molecule has 0 fully saturated rings. The molecule has 30 heavy (non-hydrogen) atoms. The number of hydrogen-bond donors (Lipinski definition) is 1. The monoisotopic (exact) mass is 396 g/mol. The minimum Gasteiger partial charge on any atom is -0.494 e. The molecule has 0 unspecified atom stereocenters. The number of aromatic carboxylic acids is 1. The van der Waals surface area contributed by atoms with Gasteiger partial charge in [-0.15, -0.1) is 0 Å². The highest BCUT2D eigenvalue weighted by atomic mass is 16.5. The summed E-state index contributed by atoms with van der Waals surface area (Å²) >= 11 is 0. The molecule has 4 nitrogen and oxygen atoms in total. The van der Waals surface area contributed by atoms with Crippen molar-refractivity contribution in [3.63, 3.8) is 0 Å². The van der Waals surface area contributed by atoms with Crippen molar-refractivity contribution >= 4 is 11.8 Å². The van der Waals surface area contributed by atoms with Crippen LogP contribution in [0.5, 0.6) is 5.75 Å². The summed E-state index contributed by atoms with van der Waals surface area (Å²) in [6.45, 7) is 2.52. The summed E-state index contributed by atoms with van der Waals surface area (Å²) in [5.74, 6) is -0.330. The molecule has 0 saturated carbocycles. The first kappa shape index (κ1) is 19.4. The van der Waals surface area contributed by atoms with Crippen LogP contribution in [0.1, 0.15) is 33.2 Å². The minimum absolute atomic E-state index is 0.0964. The van der Waals surface area contributed by atoms with Crippen LogP contribution in [-0.2, 0) is 0 Å². The van der Waals surface area contributed by atoms with Crippen LogP contribution in [0, 0.1) is 0 Å². The van der Waals surface area contributed by atoms with Gasteiger partial charge in [0.2, 0.25) is 0 Å². The lowest BCUT2D eigenvalue weighted by atomic mass is 10.00. The van der Waals surface area contributed by atoms with E-state index in [2.05, 4.69) is 0 Å². The maximum absolute atomic E-state index is 13.2. The van der Waals surface area contributed by atoms with E-state index in [-0.39, 0.29) is 11.3 Å². The van der Waals surface area contributed by atoms with Gasteiger partial charge >= 0.3 is 5.97 Å². The molecule has 0 saturated heterocycles. The van der Waals surface area contributed by atoms with Crippen LogP contribution in [0.4, 0.5) is 0 Å². The highest BCUT2D eigenvalue weighted by molar-refractivity contribution is 6.16. The SMILES string of the molecule is CCOc1ccc(-c2cc(C(=O)c3ccccc3)c3ccc(C(=O)O)ccc2-3)cc1. The number of carbonyl (C=O) groups excluding carboxylic acids is 1. The summed E-state index contributed by atoms with van der Waals surface area (Å²) in [6.07, 6.45) is 0. The van der Waals surface area contributed by atoms with Gasteiger partial charge in [0, 0.05) is 11.1 Å². The molecule has 2 aliphatic carbocycles. The van der Waals surface area contributed by atoms with Gasteiger partial charge in [-0.2, -0.15) is 0 Å². The molecule has 0 amide bonds. The number of carbonyl (C=O) groups is 2. The smallest absolute Gasteiger partial charge is 0.335 e. The molecule has 0 spiro atoms. The molecule has 0 heterocycles. The third-order valence-corrected chi connectivity index (χ3v) is 5.02. The zero-order chi connectivity index (χ0) is 21.1. The minimum atomic E-state index is -1.01. The Morgan fingerprint density at radius 2 is 1.43 bits per heavy atom. The summed E-state index contributed by atoms with van der Waals surface area (Å²) in [5.41, 5.74) is 4.66. The fraction of sp³-hybridized carbons (Fsp3) is 0.0769. The predicted molar refractivity (Wildman–Crippen MR) is 117 cm³/mol. The Balaban J connectivity index is 1.89. The fourth-order valence-electron chi connectivity index (χ4n) is 3.56. The molecule has 148 valence electrons. The van der Waals surface area contributed by atoms with Gasteiger partial charge in [0.15, 0.2) is 5.78 Å². The fourth-order valence-corrected chi connectivity index (χ4v) is 3.56. The Hall–Kier alpha value is -3.92. The summed E-state index contributed by atoms with van der Waals surface area (Å²) in [6, 6.07) is 25.2. The second kappa shape index (κ2) is 8.21. The second-order valence-corrected chi connectivity index (χ2v) is 6.88. The van der Waals surface area contributed by atoms with Crippen LogP contribution < -0.4 is 4.74 Å². The first-order chi connectivity index (χ1) is 14.6. The van der Waals surface area contributed by atoms with E-state index in [1.54, 1.807) is 30.3 Å². The predicted octanol–water partition coefficient (Wildman–Crippen LogP) is 5.79. The highest BCUT2D eigenvalue weighted by Gasteiger charge is 2.22. The van der Waals surface area contributed by atoms with Gasteiger partial charge in [-0.05, 0) is 59.5 Å². The van der Waals surface area contributed by atoms with E-state index in [1.807, 2.05) is 55.5 Å². The van der Waals surface area contributed by atoms with E-state index in [0.29, 0.717) is 17.7 Å². The number of ketones is 1. The average Bonchev–Trinajstić information content (AvgIpc) is 2.98. The van der Waals surface area contributed by atoms with Crippen LogP contribution in [-0.4, -0.2) is 23.5 Å². The molecule has 0 radical (unpaired) electrons. The maximum atomic E-state index is 13.2. The largest absolute Gasteiger partial charge is 0.494 e. The molecule has 0 aromatic heterocycles. The van der Waals surface area contributed by atoms with Crippen molar-refractivity contribution in [2.24, 2.45) is 0 Å². The van der Waals surface area contributed by atoms with Crippen molar-refractivity contribution in [2.45, 2.75) is 6.92 Å².